The fourth-order valence-corrected chi connectivity index (χ4v) is 1.43. The number of H-pyrrole nitrogens is 1. The van der Waals surface area contributed by atoms with E-state index in [9.17, 15) is 9.50 Å². The predicted octanol–water partition coefficient (Wildman–Crippen LogP) is 1.37. The zero-order valence-electron chi connectivity index (χ0n) is 8.83. The van der Waals surface area contributed by atoms with Gasteiger partial charge >= 0.3 is 0 Å². The zero-order chi connectivity index (χ0) is 12.5. The standard InChI is InChI=1S/C10H6FN5O2/c11-5-1-2-6(8(17)3-5)10-13-9(15-18-10)7-4-12-16-14-7/h1-4,17H,(H,12,14,16). The van der Waals surface area contributed by atoms with Gasteiger partial charge in [-0.3, -0.25) is 0 Å². The van der Waals surface area contributed by atoms with Gasteiger partial charge in [-0.05, 0) is 12.1 Å². The van der Waals surface area contributed by atoms with Gasteiger partial charge in [0.1, 0.15) is 11.6 Å². The second-order valence-corrected chi connectivity index (χ2v) is 3.44. The summed E-state index contributed by atoms with van der Waals surface area (Å²) in [5, 5.41) is 23.1. The highest BCUT2D eigenvalue weighted by molar-refractivity contribution is 5.63. The first-order valence-corrected chi connectivity index (χ1v) is 4.93. The number of phenolic OH excluding ortho intramolecular Hbond substituents is 1. The Labute approximate surface area is 99.3 Å². The fraction of sp³-hybridized carbons (Fsp3) is 0. The van der Waals surface area contributed by atoms with Gasteiger partial charge in [-0.15, -0.1) is 0 Å². The minimum atomic E-state index is -0.549. The van der Waals surface area contributed by atoms with Crippen LogP contribution in [0.4, 0.5) is 4.39 Å². The van der Waals surface area contributed by atoms with Gasteiger partial charge in [0, 0.05) is 6.07 Å². The molecule has 2 heterocycles. The summed E-state index contributed by atoms with van der Waals surface area (Å²) in [6, 6.07) is 3.51. The normalized spacial score (nSPS) is 10.7. The van der Waals surface area contributed by atoms with E-state index in [1.165, 1.54) is 18.3 Å². The molecule has 0 amide bonds. The first-order chi connectivity index (χ1) is 8.74. The van der Waals surface area contributed by atoms with Crippen molar-refractivity contribution in [3.63, 3.8) is 0 Å². The SMILES string of the molecule is Oc1cc(F)ccc1-c1nc(-c2cn[nH]n2)no1. The van der Waals surface area contributed by atoms with E-state index in [1.807, 2.05) is 0 Å². The second kappa shape index (κ2) is 3.91. The average molecular weight is 247 g/mol. The lowest BCUT2D eigenvalue weighted by Crippen LogP contribution is -1.83. The lowest BCUT2D eigenvalue weighted by Gasteiger charge is -1.97. The Bertz CT molecular complexity index is 679. The van der Waals surface area contributed by atoms with Crippen LogP contribution >= 0.6 is 0 Å². The van der Waals surface area contributed by atoms with Crippen molar-refractivity contribution in [2.75, 3.05) is 0 Å². The molecule has 0 fully saturated rings. The van der Waals surface area contributed by atoms with Crippen molar-refractivity contribution in [1.82, 2.24) is 25.6 Å². The number of hydrogen-bond donors (Lipinski definition) is 2. The Hall–Kier alpha value is -2.77. The van der Waals surface area contributed by atoms with E-state index in [0.29, 0.717) is 5.69 Å². The number of nitrogens with one attached hydrogen (secondary N) is 1. The number of halogens is 1. The van der Waals surface area contributed by atoms with E-state index in [2.05, 4.69) is 25.6 Å². The highest BCUT2D eigenvalue weighted by Gasteiger charge is 2.15. The monoisotopic (exact) mass is 247 g/mol. The van der Waals surface area contributed by atoms with Crippen LogP contribution in [0.3, 0.4) is 0 Å². The van der Waals surface area contributed by atoms with Crippen LogP contribution in [0.2, 0.25) is 0 Å². The highest BCUT2D eigenvalue weighted by atomic mass is 19.1. The Balaban J connectivity index is 2.03. The van der Waals surface area contributed by atoms with Crippen molar-refractivity contribution in [3.8, 4) is 28.7 Å². The first kappa shape index (κ1) is 10.4. The summed E-state index contributed by atoms with van der Waals surface area (Å²) in [5.41, 5.74) is 0.658. The van der Waals surface area contributed by atoms with Gasteiger partial charge in [0.2, 0.25) is 5.82 Å². The molecule has 0 unspecified atom stereocenters. The molecular weight excluding hydrogens is 241 g/mol. The summed E-state index contributed by atoms with van der Waals surface area (Å²) in [6.45, 7) is 0. The Kier molecular flexibility index (Phi) is 2.26. The lowest BCUT2D eigenvalue weighted by molar-refractivity contribution is 0.424. The number of nitrogens with zero attached hydrogens (tertiary/aromatic N) is 4. The average Bonchev–Trinajstić information content (AvgIpc) is 2.99. The van der Waals surface area contributed by atoms with Crippen LogP contribution in [0.15, 0.2) is 28.9 Å². The quantitative estimate of drug-likeness (QED) is 0.709. The molecule has 90 valence electrons. The van der Waals surface area contributed by atoms with Crippen molar-refractivity contribution in [2.45, 2.75) is 0 Å². The molecule has 1 aromatic carbocycles. The summed E-state index contributed by atoms with van der Waals surface area (Å²) in [5.74, 6) is -0.522. The van der Waals surface area contributed by atoms with Crippen molar-refractivity contribution in [2.24, 2.45) is 0 Å². The molecule has 18 heavy (non-hydrogen) atoms. The van der Waals surface area contributed by atoms with E-state index < -0.39 is 5.82 Å². The molecule has 2 aromatic heterocycles. The second-order valence-electron chi connectivity index (χ2n) is 3.44. The third-order valence-electron chi connectivity index (χ3n) is 2.26. The van der Waals surface area contributed by atoms with Crippen LogP contribution in [0.25, 0.3) is 23.0 Å². The third kappa shape index (κ3) is 1.69. The van der Waals surface area contributed by atoms with E-state index >= 15 is 0 Å². The van der Waals surface area contributed by atoms with Gasteiger partial charge in [-0.1, -0.05) is 5.16 Å². The van der Waals surface area contributed by atoms with Crippen molar-refractivity contribution >= 4 is 0 Å². The molecule has 3 rings (SSSR count). The van der Waals surface area contributed by atoms with Crippen LogP contribution in [0, 0.1) is 5.82 Å². The molecule has 0 spiro atoms. The smallest absolute Gasteiger partial charge is 0.262 e. The summed E-state index contributed by atoms with van der Waals surface area (Å²) in [4.78, 5) is 4.03. The van der Waals surface area contributed by atoms with E-state index in [4.69, 9.17) is 4.52 Å². The molecule has 0 bridgehead atoms. The summed E-state index contributed by atoms with van der Waals surface area (Å²) in [7, 11) is 0. The van der Waals surface area contributed by atoms with Crippen molar-refractivity contribution < 1.29 is 14.0 Å². The number of rotatable bonds is 2. The van der Waals surface area contributed by atoms with Crippen LogP contribution < -0.4 is 0 Å². The molecule has 0 aliphatic carbocycles. The molecule has 7 nitrogen and oxygen atoms in total. The third-order valence-corrected chi connectivity index (χ3v) is 2.26. The maximum Gasteiger partial charge on any atom is 0.262 e. The predicted molar refractivity (Wildman–Crippen MR) is 56.7 cm³/mol. The molecule has 0 radical (unpaired) electrons. The largest absolute Gasteiger partial charge is 0.507 e. The van der Waals surface area contributed by atoms with Crippen LogP contribution in [-0.2, 0) is 0 Å². The molecular formula is C10H6FN5O2. The van der Waals surface area contributed by atoms with E-state index in [0.717, 1.165) is 6.07 Å². The molecule has 0 saturated heterocycles. The Morgan fingerprint density at radius 2 is 2.22 bits per heavy atom. The summed E-state index contributed by atoms with van der Waals surface area (Å²) in [6.07, 6.45) is 1.43. The number of phenols is 1. The van der Waals surface area contributed by atoms with E-state index in [-0.39, 0.29) is 23.0 Å². The molecule has 2 N–H and O–H groups in total. The van der Waals surface area contributed by atoms with E-state index in [1.54, 1.807) is 0 Å². The van der Waals surface area contributed by atoms with Gasteiger partial charge in [0.25, 0.3) is 5.89 Å². The van der Waals surface area contributed by atoms with Gasteiger partial charge in [-0.25, -0.2) is 4.39 Å². The summed E-state index contributed by atoms with van der Waals surface area (Å²) >= 11 is 0. The molecule has 3 aromatic rings. The van der Waals surface area contributed by atoms with Crippen LogP contribution in [-0.4, -0.2) is 30.7 Å². The maximum absolute atomic E-state index is 12.8. The van der Waals surface area contributed by atoms with Crippen molar-refractivity contribution in [1.29, 1.82) is 0 Å². The molecule has 0 saturated carbocycles. The Morgan fingerprint density at radius 1 is 1.33 bits per heavy atom. The van der Waals surface area contributed by atoms with Gasteiger partial charge < -0.3 is 9.63 Å². The summed E-state index contributed by atoms with van der Waals surface area (Å²) < 4.78 is 17.8. The number of hydrogen-bond acceptors (Lipinski definition) is 6. The lowest BCUT2D eigenvalue weighted by atomic mass is 10.2. The topological polar surface area (TPSA) is 101 Å². The van der Waals surface area contributed by atoms with Gasteiger partial charge in [-0.2, -0.15) is 20.4 Å². The maximum atomic E-state index is 12.8. The number of aromatic hydroxyl groups is 1. The number of aromatic nitrogens is 5. The Morgan fingerprint density at radius 3 is 2.94 bits per heavy atom. The molecule has 8 heteroatoms. The molecule has 0 aliphatic rings. The highest BCUT2D eigenvalue weighted by Crippen LogP contribution is 2.29. The van der Waals surface area contributed by atoms with Crippen LogP contribution in [0.5, 0.6) is 5.75 Å². The van der Waals surface area contributed by atoms with Crippen molar-refractivity contribution in [3.05, 3.63) is 30.2 Å². The van der Waals surface area contributed by atoms with Gasteiger partial charge in [0.05, 0.1) is 11.8 Å². The fourth-order valence-electron chi connectivity index (χ4n) is 1.43. The first-order valence-electron chi connectivity index (χ1n) is 4.93. The zero-order valence-corrected chi connectivity index (χ0v) is 8.83. The van der Waals surface area contributed by atoms with Crippen LogP contribution in [0.1, 0.15) is 0 Å². The molecule has 0 atom stereocenters. The minimum Gasteiger partial charge on any atom is -0.507 e. The number of benzene rings is 1. The number of aromatic amines is 1. The molecule has 0 aliphatic heterocycles. The van der Waals surface area contributed by atoms with Gasteiger partial charge in [0.15, 0.2) is 5.69 Å². The minimum absolute atomic E-state index is 0.0745.